The number of aliphatic hydroxyl groups excluding tert-OH is 1. The number of amides is 1. The maximum absolute atomic E-state index is 12.2. The van der Waals surface area contributed by atoms with E-state index >= 15 is 0 Å². The zero-order valence-electron chi connectivity index (χ0n) is 12.0. The molecule has 0 aliphatic rings. The first-order valence-electron chi connectivity index (χ1n) is 6.95. The van der Waals surface area contributed by atoms with Crippen LogP contribution in [0.3, 0.4) is 0 Å². The van der Waals surface area contributed by atoms with E-state index in [1.165, 1.54) is 0 Å². The molecule has 108 valence electrons. The van der Waals surface area contributed by atoms with E-state index in [1.807, 2.05) is 24.4 Å². The molecule has 0 fully saturated rings. The first-order chi connectivity index (χ1) is 9.64. The van der Waals surface area contributed by atoms with E-state index in [4.69, 9.17) is 0 Å². The van der Waals surface area contributed by atoms with E-state index in [-0.39, 0.29) is 17.9 Å². The van der Waals surface area contributed by atoms with E-state index in [9.17, 15) is 9.90 Å². The minimum absolute atomic E-state index is 0.0853. The lowest BCUT2D eigenvalue weighted by Crippen LogP contribution is -2.39. The first-order valence-corrected chi connectivity index (χ1v) is 6.95. The second kappa shape index (κ2) is 6.05. The maximum atomic E-state index is 12.2. The topological polar surface area (TPSA) is 66.6 Å². The van der Waals surface area contributed by atoms with Crippen LogP contribution < -0.4 is 5.32 Å². The van der Waals surface area contributed by atoms with Crippen LogP contribution in [0.4, 0.5) is 0 Å². The van der Waals surface area contributed by atoms with Crippen LogP contribution in [-0.2, 0) is 0 Å². The Morgan fingerprint density at radius 3 is 2.85 bits per heavy atom. The van der Waals surface area contributed by atoms with E-state index in [1.54, 1.807) is 24.7 Å². The SMILES string of the molecule is CCC(CC)(CO)CNC(=O)c1ccn2cncc2c1. The van der Waals surface area contributed by atoms with Crippen molar-refractivity contribution >= 4 is 11.4 Å². The van der Waals surface area contributed by atoms with Crippen molar-refractivity contribution in [2.24, 2.45) is 5.41 Å². The van der Waals surface area contributed by atoms with Gasteiger partial charge in [0.05, 0.1) is 24.6 Å². The number of nitrogens with zero attached hydrogens (tertiary/aromatic N) is 2. The van der Waals surface area contributed by atoms with Crippen molar-refractivity contribution in [3.05, 3.63) is 36.4 Å². The lowest BCUT2D eigenvalue weighted by atomic mass is 9.83. The van der Waals surface area contributed by atoms with Crippen LogP contribution >= 0.6 is 0 Å². The molecule has 0 aliphatic carbocycles. The molecule has 0 aliphatic heterocycles. The standard InChI is InChI=1S/C15H21N3O2/c1-3-15(4-2,10-19)9-17-14(20)12-5-6-18-11-16-8-13(18)7-12/h5-8,11,19H,3-4,9-10H2,1-2H3,(H,17,20). The molecule has 0 bridgehead atoms. The summed E-state index contributed by atoms with van der Waals surface area (Å²) in [6.45, 7) is 4.64. The first kappa shape index (κ1) is 14.5. The van der Waals surface area contributed by atoms with Crippen molar-refractivity contribution in [1.82, 2.24) is 14.7 Å². The van der Waals surface area contributed by atoms with Crippen LogP contribution in [0.5, 0.6) is 0 Å². The number of imidazole rings is 1. The number of aliphatic hydroxyl groups is 1. The largest absolute Gasteiger partial charge is 0.396 e. The molecule has 5 heteroatoms. The Balaban J connectivity index is 2.07. The number of pyridine rings is 1. The van der Waals surface area contributed by atoms with Gasteiger partial charge in [0, 0.05) is 23.7 Å². The third-order valence-electron chi connectivity index (χ3n) is 4.14. The molecule has 2 aromatic heterocycles. The second-order valence-corrected chi connectivity index (χ2v) is 5.19. The van der Waals surface area contributed by atoms with Gasteiger partial charge in [0.1, 0.15) is 0 Å². The number of carbonyl (C=O) groups excluding carboxylic acids is 1. The van der Waals surface area contributed by atoms with Gasteiger partial charge in [0.2, 0.25) is 0 Å². The predicted octanol–water partition coefficient (Wildman–Crippen LogP) is 1.86. The summed E-state index contributed by atoms with van der Waals surface area (Å²) < 4.78 is 1.85. The van der Waals surface area contributed by atoms with Crippen LogP contribution in [0.2, 0.25) is 0 Å². The number of fused-ring (bicyclic) bond motifs is 1. The molecule has 0 radical (unpaired) electrons. The molecule has 5 nitrogen and oxygen atoms in total. The van der Waals surface area contributed by atoms with Gasteiger partial charge < -0.3 is 14.8 Å². The molecule has 0 aromatic carbocycles. The predicted molar refractivity (Wildman–Crippen MR) is 77.6 cm³/mol. The molecule has 0 saturated heterocycles. The van der Waals surface area contributed by atoms with Gasteiger partial charge in [-0.3, -0.25) is 4.79 Å². The molecule has 2 heterocycles. The number of aromatic nitrogens is 2. The fourth-order valence-electron chi connectivity index (χ4n) is 2.21. The number of carbonyl (C=O) groups is 1. The summed E-state index contributed by atoms with van der Waals surface area (Å²) in [5.41, 5.74) is 1.27. The highest BCUT2D eigenvalue weighted by molar-refractivity contribution is 5.95. The van der Waals surface area contributed by atoms with Gasteiger partial charge in [0.25, 0.3) is 5.91 Å². The highest BCUT2D eigenvalue weighted by Crippen LogP contribution is 2.24. The number of hydrogen-bond donors (Lipinski definition) is 2. The van der Waals surface area contributed by atoms with Gasteiger partial charge in [-0.05, 0) is 25.0 Å². The lowest BCUT2D eigenvalue weighted by Gasteiger charge is -2.29. The van der Waals surface area contributed by atoms with Gasteiger partial charge in [-0.1, -0.05) is 13.8 Å². The summed E-state index contributed by atoms with van der Waals surface area (Å²) in [6.07, 6.45) is 6.90. The Bertz CT molecular complexity index is 579. The molecule has 0 spiro atoms. The van der Waals surface area contributed by atoms with Crippen LogP contribution in [0, 0.1) is 5.41 Å². The van der Waals surface area contributed by atoms with E-state index < -0.39 is 0 Å². The number of nitrogens with one attached hydrogen (secondary N) is 1. The fourth-order valence-corrected chi connectivity index (χ4v) is 2.21. The third-order valence-corrected chi connectivity index (χ3v) is 4.14. The van der Waals surface area contributed by atoms with Crippen molar-refractivity contribution in [2.45, 2.75) is 26.7 Å². The molecule has 1 amide bonds. The highest BCUT2D eigenvalue weighted by Gasteiger charge is 2.25. The lowest BCUT2D eigenvalue weighted by molar-refractivity contribution is 0.0851. The monoisotopic (exact) mass is 275 g/mol. The van der Waals surface area contributed by atoms with E-state index in [2.05, 4.69) is 10.3 Å². The molecule has 20 heavy (non-hydrogen) atoms. The van der Waals surface area contributed by atoms with Crippen molar-refractivity contribution in [3.63, 3.8) is 0 Å². The molecular formula is C15H21N3O2. The van der Waals surface area contributed by atoms with Crippen molar-refractivity contribution in [3.8, 4) is 0 Å². The maximum Gasteiger partial charge on any atom is 0.251 e. The summed E-state index contributed by atoms with van der Waals surface area (Å²) in [5.74, 6) is -0.117. The molecule has 0 unspecified atom stereocenters. The minimum atomic E-state index is -0.226. The minimum Gasteiger partial charge on any atom is -0.396 e. The van der Waals surface area contributed by atoms with E-state index in [0.717, 1.165) is 18.4 Å². The molecule has 2 aromatic rings. The van der Waals surface area contributed by atoms with Crippen LogP contribution in [0.1, 0.15) is 37.0 Å². The normalized spacial score (nSPS) is 11.8. The highest BCUT2D eigenvalue weighted by atomic mass is 16.3. The zero-order chi connectivity index (χ0) is 14.6. The molecular weight excluding hydrogens is 254 g/mol. The molecule has 2 N–H and O–H groups in total. The quantitative estimate of drug-likeness (QED) is 0.845. The third kappa shape index (κ3) is 2.82. The van der Waals surface area contributed by atoms with Gasteiger partial charge in [0.15, 0.2) is 0 Å². The van der Waals surface area contributed by atoms with Crippen molar-refractivity contribution < 1.29 is 9.90 Å². The van der Waals surface area contributed by atoms with Gasteiger partial charge in [-0.2, -0.15) is 0 Å². The van der Waals surface area contributed by atoms with E-state index in [0.29, 0.717) is 12.1 Å². The summed E-state index contributed by atoms with van der Waals surface area (Å²) in [6, 6.07) is 3.57. The summed E-state index contributed by atoms with van der Waals surface area (Å²) in [7, 11) is 0. The number of hydrogen-bond acceptors (Lipinski definition) is 3. The Kier molecular flexibility index (Phi) is 4.39. The van der Waals surface area contributed by atoms with Crippen molar-refractivity contribution in [1.29, 1.82) is 0 Å². The Morgan fingerprint density at radius 2 is 2.20 bits per heavy atom. The summed E-state index contributed by atoms with van der Waals surface area (Å²) in [4.78, 5) is 16.2. The van der Waals surface area contributed by atoms with Crippen LogP contribution in [-0.4, -0.2) is 33.6 Å². The Hall–Kier alpha value is -1.88. The molecule has 0 saturated carbocycles. The van der Waals surface area contributed by atoms with Gasteiger partial charge in [-0.15, -0.1) is 0 Å². The summed E-state index contributed by atoms with van der Waals surface area (Å²) in [5, 5.41) is 12.4. The van der Waals surface area contributed by atoms with Crippen molar-refractivity contribution in [2.75, 3.05) is 13.2 Å². The molecule has 2 rings (SSSR count). The van der Waals surface area contributed by atoms with Gasteiger partial charge >= 0.3 is 0 Å². The van der Waals surface area contributed by atoms with Gasteiger partial charge in [-0.25, -0.2) is 4.98 Å². The smallest absolute Gasteiger partial charge is 0.251 e. The van der Waals surface area contributed by atoms with Crippen LogP contribution in [0.15, 0.2) is 30.9 Å². The Morgan fingerprint density at radius 1 is 1.45 bits per heavy atom. The average molecular weight is 275 g/mol. The second-order valence-electron chi connectivity index (χ2n) is 5.19. The summed E-state index contributed by atoms with van der Waals surface area (Å²) >= 11 is 0. The van der Waals surface area contributed by atoms with Crippen LogP contribution in [0.25, 0.3) is 5.52 Å². The zero-order valence-corrected chi connectivity index (χ0v) is 12.0. The fraction of sp³-hybridized carbons (Fsp3) is 0.467. The average Bonchev–Trinajstić information content (AvgIpc) is 2.96. The Labute approximate surface area is 118 Å². The molecule has 0 atom stereocenters. The number of rotatable bonds is 6.